The number of rotatable bonds is 5. The van der Waals surface area contributed by atoms with Crippen molar-refractivity contribution in [2.75, 3.05) is 14.2 Å². The van der Waals surface area contributed by atoms with Crippen LogP contribution in [0.25, 0.3) is 10.8 Å². The predicted octanol–water partition coefficient (Wildman–Crippen LogP) is 3.93. The Bertz CT molecular complexity index is 975. The fraction of sp³-hybridized carbons (Fsp3) is 0.143. The molecule has 0 fully saturated rings. The number of carbonyl (C=O) groups excluding carboxylic acids is 1. The normalized spacial score (nSPS) is 10.9. The van der Waals surface area contributed by atoms with E-state index in [2.05, 4.69) is 10.5 Å². The highest BCUT2D eigenvalue weighted by Crippen LogP contribution is 2.29. The molecule has 3 aromatic carbocycles. The van der Waals surface area contributed by atoms with E-state index in [0.717, 1.165) is 21.9 Å². The van der Waals surface area contributed by atoms with E-state index < -0.39 is 0 Å². The van der Waals surface area contributed by atoms with E-state index in [1.807, 2.05) is 55.5 Å². The number of hydrogen-bond acceptors (Lipinski definition) is 4. The van der Waals surface area contributed by atoms with E-state index in [1.54, 1.807) is 26.5 Å². The number of nitrogens with zero attached hydrogens (tertiary/aromatic N) is 1. The van der Waals surface area contributed by atoms with Crippen molar-refractivity contribution in [3.63, 3.8) is 0 Å². The van der Waals surface area contributed by atoms with E-state index in [1.165, 1.54) is 0 Å². The third-order valence-corrected chi connectivity index (χ3v) is 4.18. The maximum absolute atomic E-state index is 12.5. The van der Waals surface area contributed by atoms with Gasteiger partial charge in [0.2, 0.25) is 0 Å². The van der Waals surface area contributed by atoms with Crippen LogP contribution in [0.5, 0.6) is 11.5 Å². The first-order valence-corrected chi connectivity index (χ1v) is 8.18. The van der Waals surface area contributed by atoms with Crippen molar-refractivity contribution >= 4 is 22.9 Å². The molecule has 132 valence electrons. The summed E-state index contributed by atoms with van der Waals surface area (Å²) in [5.74, 6) is 1.01. The number of nitrogens with one attached hydrogen (secondary N) is 1. The standard InChI is InChI=1S/C21H20N2O3/c1-14-11-19(25-2)20(26-3)12-16(14)13-22-23-21(24)18-10-6-8-15-7-4-5-9-17(15)18/h4-13H,1-3H3,(H,23,24)/b22-13-. The van der Waals surface area contributed by atoms with Crippen LogP contribution in [0.15, 0.2) is 59.7 Å². The van der Waals surface area contributed by atoms with Crippen LogP contribution in [0.4, 0.5) is 0 Å². The summed E-state index contributed by atoms with van der Waals surface area (Å²) in [6.07, 6.45) is 1.60. The maximum atomic E-state index is 12.5. The van der Waals surface area contributed by atoms with Crippen LogP contribution < -0.4 is 14.9 Å². The molecule has 3 rings (SSSR count). The van der Waals surface area contributed by atoms with Crippen LogP contribution in [0.1, 0.15) is 21.5 Å². The molecule has 1 amide bonds. The summed E-state index contributed by atoms with van der Waals surface area (Å²) in [5, 5.41) is 6.00. The summed E-state index contributed by atoms with van der Waals surface area (Å²) < 4.78 is 10.6. The molecule has 0 aromatic heterocycles. The molecule has 1 N–H and O–H groups in total. The molecule has 26 heavy (non-hydrogen) atoms. The van der Waals surface area contributed by atoms with Crippen LogP contribution in [0.2, 0.25) is 0 Å². The van der Waals surface area contributed by atoms with Crippen molar-refractivity contribution < 1.29 is 14.3 Å². The first kappa shape index (κ1) is 17.5. The SMILES string of the molecule is COc1cc(C)c(/C=N\NC(=O)c2cccc3ccccc23)cc1OC. The number of fused-ring (bicyclic) bond motifs is 1. The minimum Gasteiger partial charge on any atom is -0.493 e. The summed E-state index contributed by atoms with van der Waals surface area (Å²) in [6, 6.07) is 17.1. The Morgan fingerprint density at radius 1 is 1.00 bits per heavy atom. The second-order valence-corrected chi connectivity index (χ2v) is 5.79. The molecule has 0 saturated heterocycles. The maximum Gasteiger partial charge on any atom is 0.271 e. The van der Waals surface area contributed by atoms with Gasteiger partial charge in [-0.15, -0.1) is 0 Å². The number of hydrogen-bond donors (Lipinski definition) is 1. The molecule has 0 heterocycles. The zero-order valence-corrected chi connectivity index (χ0v) is 14.9. The highest BCUT2D eigenvalue weighted by molar-refractivity contribution is 6.07. The average Bonchev–Trinajstić information content (AvgIpc) is 2.68. The van der Waals surface area contributed by atoms with Crippen LogP contribution in [-0.4, -0.2) is 26.3 Å². The largest absolute Gasteiger partial charge is 0.493 e. The van der Waals surface area contributed by atoms with Gasteiger partial charge in [0.1, 0.15) is 0 Å². The van der Waals surface area contributed by atoms with Gasteiger partial charge in [-0.25, -0.2) is 5.43 Å². The monoisotopic (exact) mass is 348 g/mol. The molecule has 0 radical (unpaired) electrons. The van der Waals surface area contributed by atoms with Crippen molar-refractivity contribution in [3.8, 4) is 11.5 Å². The van der Waals surface area contributed by atoms with Gasteiger partial charge in [0, 0.05) is 11.1 Å². The molecule has 0 spiro atoms. The van der Waals surface area contributed by atoms with E-state index in [9.17, 15) is 4.79 Å². The second kappa shape index (κ2) is 7.70. The lowest BCUT2D eigenvalue weighted by Gasteiger charge is -2.10. The third-order valence-electron chi connectivity index (χ3n) is 4.18. The quantitative estimate of drug-likeness (QED) is 0.561. The molecular weight excluding hydrogens is 328 g/mol. The summed E-state index contributed by atoms with van der Waals surface area (Å²) in [7, 11) is 3.17. The molecule has 0 aliphatic rings. The zero-order valence-electron chi connectivity index (χ0n) is 14.9. The van der Waals surface area contributed by atoms with Gasteiger partial charge in [0.25, 0.3) is 5.91 Å². The molecule has 0 aliphatic carbocycles. The number of hydrazone groups is 1. The Morgan fingerprint density at radius 3 is 2.46 bits per heavy atom. The summed E-state index contributed by atoms with van der Waals surface area (Å²) in [4.78, 5) is 12.5. The van der Waals surface area contributed by atoms with Gasteiger partial charge in [-0.3, -0.25) is 4.79 Å². The van der Waals surface area contributed by atoms with Gasteiger partial charge in [-0.05, 0) is 41.5 Å². The fourth-order valence-corrected chi connectivity index (χ4v) is 2.78. The van der Waals surface area contributed by atoms with Crippen molar-refractivity contribution in [1.29, 1.82) is 0 Å². The minimum absolute atomic E-state index is 0.254. The summed E-state index contributed by atoms with van der Waals surface area (Å²) >= 11 is 0. The number of aryl methyl sites for hydroxylation is 1. The molecule has 3 aromatic rings. The fourth-order valence-electron chi connectivity index (χ4n) is 2.78. The predicted molar refractivity (Wildman–Crippen MR) is 103 cm³/mol. The van der Waals surface area contributed by atoms with Crippen molar-refractivity contribution in [1.82, 2.24) is 5.43 Å². The van der Waals surface area contributed by atoms with Crippen LogP contribution >= 0.6 is 0 Å². The van der Waals surface area contributed by atoms with Gasteiger partial charge in [-0.1, -0.05) is 36.4 Å². The summed E-state index contributed by atoms with van der Waals surface area (Å²) in [5.41, 5.74) is 4.98. The number of methoxy groups -OCH3 is 2. The third kappa shape index (κ3) is 3.52. The Labute approximate surface area is 152 Å². The molecule has 5 nitrogen and oxygen atoms in total. The Balaban J connectivity index is 1.81. The van der Waals surface area contributed by atoms with E-state index in [-0.39, 0.29) is 5.91 Å². The van der Waals surface area contributed by atoms with Gasteiger partial charge < -0.3 is 9.47 Å². The van der Waals surface area contributed by atoms with E-state index in [0.29, 0.717) is 17.1 Å². The van der Waals surface area contributed by atoms with Crippen LogP contribution in [0, 0.1) is 6.92 Å². The van der Waals surface area contributed by atoms with E-state index >= 15 is 0 Å². The lowest BCUT2D eigenvalue weighted by atomic mass is 10.0. The molecule has 5 heteroatoms. The number of amides is 1. The number of ether oxygens (including phenoxy) is 2. The highest BCUT2D eigenvalue weighted by atomic mass is 16.5. The topological polar surface area (TPSA) is 59.9 Å². The van der Waals surface area contributed by atoms with Crippen LogP contribution in [-0.2, 0) is 0 Å². The van der Waals surface area contributed by atoms with Gasteiger partial charge >= 0.3 is 0 Å². The zero-order chi connectivity index (χ0) is 18.5. The Hall–Kier alpha value is -3.34. The molecule has 0 atom stereocenters. The molecule has 0 aliphatic heterocycles. The van der Waals surface area contributed by atoms with Crippen molar-refractivity contribution in [2.45, 2.75) is 6.92 Å². The minimum atomic E-state index is -0.254. The van der Waals surface area contributed by atoms with E-state index in [4.69, 9.17) is 9.47 Å². The molecule has 0 saturated carbocycles. The first-order valence-electron chi connectivity index (χ1n) is 8.18. The average molecular weight is 348 g/mol. The first-order chi connectivity index (χ1) is 12.6. The molecular formula is C21H20N2O3. The Morgan fingerprint density at radius 2 is 1.69 bits per heavy atom. The number of carbonyl (C=O) groups is 1. The smallest absolute Gasteiger partial charge is 0.271 e. The summed E-state index contributed by atoms with van der Waals surface area (Å²) in [6.45, 7) is 1.94. The van der Waals surface area contributed by atoms with Gasteiger partial charge in [-0.2, -0.15) is 5.10 Å². The molecule has 0 unspecified atom stereocenters. The second-order valence-electron chi connectivity index (χ2n) is 5.79. The van der Waals surface area contributed by atoms with Crippen molar-refractivity contribution in [2.24, 2.45) is 5.10 Å². The lowest BCUT2D eigenvalue weighted by Crippen LogP contribution is -2.18. The highest BCUT2D eigenvalue weighted by Gasteiger charge is 2.09. The van der Waals surface area contributed by atoms with Crippen molar-refractivity contribution in [3.05, 3.63) is 71.3 Å². The lowest BCUT2D eigenvalue weighted by molar-refractivity contribution is 0.0957. The number of benzene rings is 3. The van der Waals surface area contributed by atoms with Gasteiger partial charge in [0.05, 0.1) is 20.4 Å². The molecule has 0 bridgehead atoms. The van der Waals surface area contributed by atoms with Gasteiger partial charge in [0.15, 0.2) is 11.5 Å². The Kier molecular flexibility index (Phi) is 5.17. The van der Waals surface area contributed by atoms with Crippen LogP contribution in [0.3, 0.4) is 0 Å².